The van der Waals surface area contributed by atoms with Crippen LogP contribution in [0.4, 0.5) is 4.79 Å². The van der Waals surface area contributed by atoms with Crippen LogP contribution in [0.5, 0.6) is 0 Å². The fraction of sp³-hybridized carbons (Fsp3) is 0.500. The van der Waals surface area contributed by atoms with Gasteiger partial charge in [0.1, 0.15) is 0 Å². The van der Waals surface area contributed by atoms with Gasteiger partial charge in [0, 0.05) is 38.4 Å². The van der Waals surface area contributed by atoms with Crippen LogP contribution in [0.25, 0.3) is 0 Å². The van der Waals surface area contributed by atoms with E-state index < -0.39 is 12.0 Å². The van der Waals surface area contributed by atoms with Gasteiger partial charge in [-0.15, -0.1) is 0 Å². The molecule has 27 heavy (non-hydrogen) atoms. The molecule has 0 aliphatic carbocycles. The Labute approximate surface area is 160 Å². The summed E-state index contributed by atoms with van der Waals surface area (Å²) in [5.41, 5.74) is 3.02. The minimum Gasteiger partial charge on any atom is -0.466 e. The number of amides is 2. The average molecular weight is 372 g/mol. The van der Waals surface area contributed by atoms with Crippen molar-refractivity contribution >= 4 is 12.0 Å². The highest BCUT2D eigenvalue weighted by Gasteiger charge is 2.34. The molecule has 1 unspecified atom stereocenters. The van der Waals surface area contributed by atoms with Crippen molar-refractivity contribution in [2.24, 2.45) is 0 Å². The van der Waals surface area contributed by atoms with Crippen LogP contribution >= 0.6 is 0 Å². The van der Waals surface area contributed by atoms with Crippen molar-refractivity contribution in [2.75, 3.05) is 46.4 Å². The summed E-state index contributed by atoms with van der Waals surface area (Å²) in [6, 6.07) is 6.96. The van der Waals surface area contributed by atoms with Gasteiger partial charge in [0.2, 0.25) is 0 Å². The van der Waals surface area contributed by atoms with E-state index in [0.717, 1.165) is 43.9 Å². The maximum atomic E-state index is 12.6. The third-order valence-corrected chi connectivity index (χ3v) is 5.35. The molecule has 0 radical (unpaired) electrons. The maximum Gasteiger partial charge on any atom is 0.338 e. The SMILES string of the molecule is CCN1CCN(CC2=C(C(=O)OC)C(c3ccccc3C)NC(=O)N2)CC1. The van der Waals surface area contributed by atoms with Gasteiger partial charge >= 0.3 is 12.0 Å². The van der Waals surface area contributed by atoms with Crippen LogP contribution in [0.15, 0.2) is 35.5 Å². The summed E-state index contributed by atoms with van der Waals surface area (Å²) in [6.07, 6.45) is 0. The van der Waals surface area contributed by atoms with E-state index in [1.165, 1.54) is 7.11 Å². The van der Waals surface area contributed by atoms with E-state index in [9.17, 15) is 9.59 Å². The molecular formula is C20H28N4O3. The number of ether oxygens (including phenoxy) is 1. The Morgan fingerprint density at radius 3 is 2.48 bits per heavy atom. The zero-order chi connectivity index (χ0) is 19.4. The van der Waals surface area contributed by atoms with Gasteiger partial charge in [0.15, 0.2) is 0 Å². The number of aryl methyl sites for hydroxylation is 1. The van der Waals surface area contributed by atoms with Crippen LogP contribution in [0.3, 0.4) is 0 Å². The second kappa shape index (κ2) is 8.54. The topological polar surface area (TPSA) is 73.9 Å². The molecule has 1 fully saturated rings. The van der Waals surface area contributed by atoms with Crippen LogP contribution in [0.1, 0.15) is 24.1 Å². The molecule has 7 nitrogen and oxygen atoms in total. The van der Waals surface area contributed by atoms with Crippen molar-refractivity contribution in [3.63, 3.8) is 0 Å². The molecule has 3 rings (SSSR count). The number of esters is 1. The molecule has 2 aliphatic rings. The zero-order valence-corrected chi connectivity index (χ0v) is 16.2. The number of carbonyl (C=O) groups is 2. The molecule has 0 aromatic heterocycles. The highest BCUT2D eigenvalue weighted by Crippen LogP contribution is 2.30. The van der Waals surface area contributed by atoms with Crippen LogP contribution in [-0.2, 0) is 9.53 Å². The summed E-state index contributed by atoms with van der Waals surface area (Å²) in [7, 11) is 1.37. The standard InChI is InChI=1S/C20H28N4O3/c1-4-23-9-11-24(12-10-23)13-16-17(19(25)27-3)18(22-20(26)21-16)15-8-6-5-7-14(15)2/h5-8,18H,4,9-13H2,1-3H3,(H2,21,22,26). The van der Waals surface area contributed by atoms with Gasteiger partial charge < -0.3 is 20.3 Å². The zero-order valence-electron chi connectivity index (χ0n) is 16.2. The Bertz CT molecular complexity index is 738. The molecule has 0 bridgehead atoms. The van der Waals surface area contributed by atoms with Crippen LogP contribution in [-0.4, -0.2) is 68.2 Å². The van der Waals surface area contributed by atoms with Crippen LogP contribution < -0.4 is 10.6 Å². The Morgan fingerprint density at radius 1 is 1.19 bits per heavy atom. The Kier molecular flexibility index (Phi) is 6.13. The smallest absolute Gasteiger partial charge is 0.338 e. The van der Waals surface area contributed by atoms with Gasteiger partial charge in [-0.05, 0) is 24.6 Å². The van der Waals surface area contributed by atoms with Gasteiger partial charge in [0.25, 0.3) is 0 Å². The molecule has 1 saturated heterocycles. The summed E-state index contributed by atoms with van der Waals surface area (Å²) in [4.78, 5) is 29.6. The van der Waals surface area contributed by atoms with Gasteiger partial charge in [-0.1, -0.05) is 31.2 Å². The molecule has 7 heteroatoms. The van der Waals surface area contributed by atoms with Gasteiger partial charge in [-0.25, -0.2) is 9.59 Å². The molecule has 1 aromatic carbocycles. The highest BCUT2D eigenvalue weighted by molar-refractivity contribution is 5.95. The van der Waals surface area contributed by atoms with Crippen LogP contribution in [0, 0.1) is 6.92 Å². The van der Waals surface area contributed by atoms with Crippen molar-refractivity contribution in [1.29, 1.82) is 0 Å². The Morgan fingerprint density at radius 2 is 1.85 bits per heavy atom. The Hall–Kier alpha value is -2.38. The number of carbonyl (C=O) groups excluding carboxylic acids is 2. The lowest BCUT2D eigenvalue weighted by Gasteiger charge is -2.36. The summed E-state index contributed by atoms with van der Waals surface area (Å²) in [6.45, 7) is 9.50. The number of piperazine rings is 1. The van der Waals surface area contributed by atoms with E-state index in [0.29, 0.717) is 17.8 Å². The molecule has 1 atom stereocenters. The van der Waals surface area contributed by atoms with Crippen molar-refractivity contribution < 1.29 is 14.3 Å². The normalized spacial score (nSPS) is 21.6. The number of nitrogens with zero attached hydrogens (tertiary/aromatic N) is 2. The number of hydrogen-bond donors (Lipinski definition) is 2. The number of methoxy groups -OCH3 is 1. The molecule has 2 aliphatic heterocycles. The fourth-order valence-electron chi connectivity index (χ4n) is 3.72. The molecule has 2 heterocycles. The molecular weight excluding hydrogens is 344 g/mol. The monoisotopic (exact) mass is 372 g/mol. The molecule has 0 saturated carbocycles. The lowest BCUT2D eigenvalue weighted by atomic mass is 9.92. The van der Waals surface area contributed by atoms with E-state index >= 15 is 0 Å². The maximum absolute atomic E-state index is 12.6. The quantitative estimate of drug-likeness (QED) is 0.765. The van der Waals surface area contributed by atoms with E-state index in [1.807, 2.05) is 31.2 Å². The van der Waals surface area contributed by atoms with Crippen molar-refractivity contribution in [3.8, 4) is 0 Å². The highest BCUT2D eigenvalue weighted by atomic mass is 16.5. The predicted molar refractivity (Wildman–Crippen MR) is 103 cm³/mol. The first-order chi connectivity index (χ1) is 13.0. The Balaban J connectivity index is 1.92. The lowest BCUT2D eigenvalue weighted by Crippen LogP contribution is -2.51. The van der Waals surface area contributed by atoms with Gasteiger partial charge in [-0.2, -0.15) is 0 Å². The third kappa shape index (κ3) is 4.31. The third-order valence-electron chi connectivity index (χ3n) is 5.35. The molecule has 146 valence electrons. The summed E-state index contributed by atoms with van der Waals surface area (Å²) >= 11 is 0. The van der Waals surface area contributed by atoms with Crippen molar-refractivity contribution in [1.82, 2.24) is 20.4 Å². The minimum atomic E-state index is -0.515. The minimum absolute atomic E-state index is 0.293. The predicted octanol–water partition coefficient (Wildman–Crippen LogP) is 1.41. The van der Waals surface area contributed by atoms with E-state index in [4.69, 9.17) is 4.74 Å². The molecule has 1 aromatic rings. The van der Waals surface area contributed by atoms with E-state index in [2.05, 4.69) is 27.4 Å². The first-order valence-corrected chi connectivity index (χ1v) is 9.42. The number of nitrogens with one attached hydrogen (secondary N) is 2. The van der Waals surface area contributed by atoms with Gasteiger partial charge in [-0.3, -0.25) is 4.90 Å². The molecule has 2 N–H and O–H groups in total. The number of rotatable bonds is 5. The number of urea groups is 1. The number of benzene rings is 1. The largest absolute Gasteiger partial charge is 0.466 e. The summed E-state index contributed by atoms with van der Waals surface area (Å²) in [5.74, 6) is -0.419. The lowest BCUT2D eigenvalue weighted by molar-refractivity contribution is -0.136. The fourth-order valence-corrected chi connectivity index (χ4v) is 3.72. The summed E-state index contributed by atoms with van der Waals surface area (Å²) in [5, 5.41) is 5.73. The molecule has 2 amide bonds. The molecule has 0 spiro atoms. The van der Waals surface area contributed by atoms with Crippen LogP contribution in [0.2, 0.25) is 0 Å². The first-order valence-electron chi connectivity index (χ1n) is 9.42. The average Bonchev–Trinajstić information content (AvgIpc) is 2.68. The van der Waals surface area contributed by atoms with Gasteiger partial charge in [0.05, 0.1) is 18.7 Å². The second-order valence-corrected chi connectivity index (χ2v) is 6.98. The number of hydrogen-bond acceptors (Lipinski definition) is 5. The first kappa shape index (κ1) is 19.4. The second-order valence-electron chi connectivity index (χ2n) is 6.98. The summed E-state index contributed by atoms with van der Waals surface area (Å²) < 4.78 is 5.06. The van der Waals surface area contributed by atoms with Crippen molar-refractivity contribution in [2.45, 2.75) is 19.9 Å². The van der Waals surface area contributed by atoms with Crippen molar-refractivity contribution in [3.05, 3.63) is 46.7 Å². The van der Waals surface area contributed by atoms with E-state index in [1.54, 1.807) is 0 Å². The number of likely N-dealkylation sites (N-methyl/N-ethyl adjacent to an activating group) is 1. The van der Waals surface area contributed by atoms with E-state index in [-0.39, 0.29) is 6.03 Å².